The largest absolute Gasteiger partial charge is 0.410 e. The summed E-state index contributed by atoms with van der Waals surface area (Å²) in [6, 6.07) is 2.14. The van der Waals surface area contributed by atoms with Crippen LogP contribution in [0.15, 0.2) is 18.2 Å². The quantitative estimate of drug-likeness (QED) is 0.737. The molecule has 1 aromatic carbocycles. The molecule has 1 aromatic heterocycles. The number of benzene rings is 1. The molecule has 3 rings (SSSR count). The van der Waals surface area contributed by atoms with Crippen molar-refractivity contribution in [2.75, 3.05) is 11.9 Å². The topological polar surface area (TPSA) is 29.9 Å². The molecule has 18 heavy (non-hydrogen) atoms. The van der Waals surface area contributed by atoms with Gasteiger partial charge in [-0.05, 0) is 18.6 Å². The molecule has 96 valence electrons. The highest BCUT2D eigenvalue weighted by Crippen LogP contribution is 2.39. The number of anilines is 1. The first-order chi connectivity index (χ1) is 8.47. The van der Waals surface area contributed by atoms with Crippen LogP contribution in [-0.4, -0.2) is 22.5 Å². The lowest BCUT2D eigenvalue weighted by Gasteiger charge is -2.27. The molecule has 0 radical (unpaired) electrons. The van der Waals surface area contributed by atoms with Crippen LogP contribution >= 0.6 is 0 Å². The van der Waals surface area contributed by atoms with Gasteiger partial charge in [-0.3, -0.25) is 0 Å². The zero-order valence-corrected chi connectivity index (χ0v) is 9.13. The van der Waals surface area contributed by atoms with Crippen LogP contribution in [0.1, 0.15) is 12.5 Å². The van der Waals surface area contributed by atoms with E-state index in [1.54, 1.807) is 0 Å². The lowest BCUT2D eigenvalue weighted by Crippen LogP contribution is -2.33. The predicted octanol–water partition coefficient (Wildman–Crippen LogP) is 3.09. The molecule has 0 amide bonds. The molecular weight excluding hydrogens is 250 g/mol. The van der Waals surface area contributed by atoms with E-state index >= 15 is 0 Å². The van der Waals surface area contributed by atoms with E-state index < -0.39 is 18.0 Å². The highest BCUT2D eigenvalue weighted by atomic mass is 19.4. The molecule has 2 heterocycles. The van der Waals surface area contributed by atoms with E-state index in [-0.39, 0.29) is 18.5 Å². The fourth-order valence-electron chi connectivity index (χ4n) is 2.23. The minimum Gasteiger partial charge on any atom is -0.370 e. The first kappa shape index (κ1) is 11.3. The smallest absolute Gasteiger partial charge is 0.370 e. The fraction of sp³-hybridized carbons (Fsp3) is 0.364. The van der Waals surface area contributed by atoms with Crippen molar-refractivity contribution in [1.29, 1.82) is 0 Å². The van der Waals surface area contributed by atoms with Crippen LogP contribution in [-0.2, 0) is 0 Å². The zero-order chi connectivity index (χ0) is 12.9. The molecular formula is C11H9F4N3. The van der Waals surface area contributed by atoms with E-state index in [0.717, 1.165) is 10.7 Å². The number of aromatic nitrogens is 2. The number of hydrogen-bond acceptors (Lipinski definition) is 2. The van der Waals surface area contributed by atoms with Crippen LogP contribution < -0.4 is 5.32 Å². The van der Waals surface area contributed by atoms with Crippen molar-refractivity contribution < 1.29 is 17.6 Å². The summed E-state index contributed by atoms with van der Waals surface area (Å²) in [6.45, 7) is 0.225. The van der Waals surface area contributed by atoms with Gasteiger partial charge in [0.1, 0.15) is 11.6 Å². The van der Waals surface area contributed by atoms with Crippen molar-refractivity contribution in [1.82, 2.24) is 9.78 Å². The van der Waals surface area contributed by atoms with E-state index in [9.17, 15) is 17.6 Å². The molecule has 0 bridgehead atoms. The number of nitrogens with one attached hydrogen (secondary N) is 1. The summed E-state index contributed by atoms with van der Waals surface area (Å²) in [4.78, 5) is 0. The molecule has 1 aliphatic rings. The second-order valence-corrected chi connectivity index (χ2v) is 4.23. The third-order valence-electron chi connectivity index (χ3n) is 3.04. The number of halogens is 4. The van der Waals surface area contributed by atoms with Crippen molar-refractivity contribution in [3.05, 3.63) is 24.0 Å². The van der Waals surface area contributed by atoms with Gasteiger partial charge in [0, 0.05) is 18.0 Å². The molecule has 0 saturated heterocycles. The third-order valence-corrected chi connectivity index (χ3v) is 3.04. The number of rotatable bonds is 0. The van der Waals surface area contributed by atoms with E-state index in [2.05, 4.69) is 10.4 Å². The van der Waals surface area contributed by atoms with E-state index in [1.165, 1.54) is 12.1 Å². The average Bonchev–Trinajstić information content (AvgIpc) is 2.64. The Morgan fingerprint density at radius 1 is 1.33 bits per heavy atom. The summed E-state index contributed by atoms with van der Waals surface area (Å²) in [7, 11) is 0. The number of fused-ring (bicyclic) bond motifs is 3. The number of alkyl halides is 3. The Morgan fingerprint density at radius 2 is 2.11 bits per heavy atom. The van der Waals surface area contributed by atoms with Crippen LogP contribution in [0.5, 0.6) is 0 Å². The molecule has 0 fully saturated rings. The van der Waals surface area contributed by atoms with Crippen LogP contribution in [0.4, 0.5) is 23.4 Å². The van der Waals surface area contributed by atoms with Gasteiger partial charge in [-0.1, -0.05) is 0 Å². The Labute approximate surface area is 99.4 Å². The van der Waals surface area contributed by atoms with Gasteiger partial charge in [-0.15, -0.1) is 0 Å². The molecule has 1 unspecified atom stereocenters. The van der Waals surface area contributed by atoms with Gasteiger partial charge < -0.3 is 5.32 Å². The first-order valence-electron chi connectivity index (χ1n) is 5.45. The minimum absolute atomic E-state index is 0.0764. The Kier molecular flexibility index (Phi) is 2.26. The van der Waals surface area contributed by atoms with Crippen molar-refractivity contribution in [2.24, 2.45) is 0 Å². The standard InChI is InChI=1S/C11H9F4N3/c12-6-1-2-7-8(5-6)17-18-9(11(13,14)15)3-4-16-10(7)18/h1-2,5,9,16H,3-4H2. The summed E-state index contributed by atoms with van der Waals surface area (Å²) in [5.74, 6) is -0.208. The van der Waals surface area contributed by atoms with Crippen molar-refractivity contribution in [3.8, 4) is 0 Å². The Morgan fingerprint density at radius 3 is 2.83 bits per heavy atom. The van der Waals surface area contributed by atoms with E-state index in [1.807, 2.05) is 0 Å². The van der Waals surface area contributed by atoms with Gasteiger partial charge in [0.05, 0.1) is 5.52 Å². The highest BCUT2D eigenvalue weighted by Gasteiger charge is 2.44. The Hall–Kier alpha value is -1.79. The second kappa shape index (κ2) is 3.60. The van der Waals surface area contributed by atoms with Crippen LogP contribution in [0.25, 0.3) is 10.9 Å². The lowest BCUT2D eigenvalue weighted by molar-refractivity contribution is -0.171. The molecule has 1 atom stereocenters. The van der Waals surface area contributed by atoms with E-state index in [4.69, 9.17) is 0 Å². The zero-order valence-electron chi connectivity index (χ0n) is 9.13. The maximum atomic E-state index is 13.0. The predicted molar refractivity (Wildman–Crippen MR) is 57.9 cm³/mol. The summed E-state index contributed by atoms with van der Waals surface area (Å²) < 4.78 is 52.5. The molecule has 0 spiro atoms. The first-order valence-corrected chi connectivity index (χ1v) is 5.45. The van der Waals surface area contributed by atoms with Crippen molar-refractivity contribution in [3.63, 3.8) is 0 Å². The average molecular weight is 259 g/mol. The Bertz CT molecular complexity index is 602. The van der Waals surface area contributed by atoms with Gasteiger partial charge in [-0.25, -0.2) is 9.07 Å². The number of nitrogens with zero attached hydrogens (tertiary/aromatic N) is 2. The molecule has 7 heteroatoms. The molecule has 2 aromatic rings. The Balaban J connectivity index is 2.21. The third kappa shape index (κ3) is 1.61. The summed E-state index contributed by atoms with van der Waals surface area (Å²) in [5, 5.41) is 7.25. The van der Waals surface area contributed by atoms with Crippen molar-refractivity contribution in [2.45, 2.75) is 18.6 Å². The lowest BCUT2D eigenvalue weighted by atomic mass is 10.1. The monoisotopic (exact) mass is 259 g/mol. The minimum atomic E-state index is -4.35. The fourth-order valence-corrected chi connectivity index (χ4v) is 2.23. The molecule has 1 N–H and O–H groups in total. The summed E-state index contributed by atoms with van der Waals surface area (Å²) >= 11 is 0. The van der Waals surface area contributed by atoms with Crippen LogP contribution in [0, 0.1) is 5.82 Å². The SMILES string of the molecule is Fc1ccc2c3n(nc2c1)C(C(F)(F)F)CCN3. The van der Waals surface area contributed by atoms with Crippen LogP contribution in [0.2, 0.25) is 0 Å². The van der Waals surface area contributed by atoms with Gasteiger partial charge >= 0.3 is 6.18 Å². The maximum absolute atomic E-state index is 13.0. The van der Waals surface area contributed by atoms with E-state index in [0.29, 0.717) is 11.2 Å². The molecule has 3 nitrogen and oxygen atoms in total. The highest BCUT2D eigenvalue weighted by molar-refractivity contribution is 5.90. The van der Waals surface area contributed by atoms with Crippen LogP contribution in [0.3, 0.4) is 0 Å². The normalized spacial score (nSPS) is 19.7. The molecule has 0 saturated carbocycles. The van der Waals surface area contributed by atoms with Gasteiger partial charge in [-0.2, -0.15) is 18.3 Å². The second-order valence-electron chi connectivity index (χ2n) is 4.23. The van der Waals surface area contributed by atoms with Gasteiger partial charge in [0.25, 0.3) is 0 Å². The molecule has 0 aliphatic carbocycles. The summed E-state index contributed by atoms with van der Waals surface area (Å²) in [6.07, 6.45) is -4.43. The molecule has 1 aliphatic heterocycles. The summed E-state index contributed by atoms with van der Waals surface area (Å²) in [5.41, 5.74) is 0.230. The van der Waals surface area contributed by atoms with Gasteiger partial charge in [0.2, 0.25) is 0 Å². The maximum Gasteiger partial charge on any atom is 0.410 e. The number of hydrogen-bond donors (Lipinski definition) is 1. The van der Waals surface area contributed by atoms with Crippen molar-refractivity contribution >= 4 is 16.7 Å². The van der Waals surface area contributed by atoms with Gasteiger partial charge in [0.15, 0.2) is 6.04 Å².